The SMILES string of the molecule is C=CCNC(=S)Nc1cc(S(=O)(=O)N2CCCCC2)ccc1N(CC)CC. The number of nitrogens with zero attached hydrogens (tertiary/aromatic N) is 2. The molecule has 0 unspecified atom stereocenters. The Morgan fingerprint density at radius 2 is 1.93 bits per heavy atom. The first-order valence-corrected chi connectivity index (χ1v) is 11.3. The highest BCUT2D eigenvalue weighted by atomic mass is 32.2. The Kier molecular flexibility index (Phi) is 8.07. The molecule has 0 atom stereocenters. The van der Waals surface area contributed by atoms with Crippen molar-refractivity contribution in [1.29, 1.82) is 0 Å². The first-order valence-electron chi connectivity index (χ1n) is 9.48. The van der Waals surface area contributed by atoms with Crippen molar-refractivity contribution < 1.29 is 8.42 Å². The van der Waals surface area contributed by atoms with Gasteiger partial charge in [0.1, 0.15) is 0 Å². The van der Waals surface area contributed by atoms with Crippen LogP contribution in [0.15, 0.2) is 35.7 Å². The lowest BCUT2D eigenvalue weighted by Crippen LogP contribution is -2.36. The maximum atomic E-state index is 13.0. The summed E-state index contributed by atoms with van der Waals surface area (Å²) in [6.07, 6.45) is 4.63. The van der Waals surface area contributed by atoms with E-state index in [1.54, 1.807) is 22.5 Å². The summed E-state index contributed by atoms with van der Waals surface area (Å²) in [7, 11) is -3.50. The van der Waals surface area contributed by atoms with E-state index < -0.39 is 10.0 Å². The van der Waals surface area contributed by atoms with E-state index in [4.69, 9.17) is 12.2 Å². The van der Waals surface area contributed by atoms with Crippen molar-refractivity contribution in [1.82, 2.24) is 9.62 Å². The highest BCUT2D eigenvalue weighted by molar-refractivity contribution is 7.89. The van der Waals surface area contributed by atoms with Gasteiger partial charge in [0.2, 0.25) is 10.0 Å². The van der Waals surface area contributed by atoms with E-state index in [0.717, 1.165) is 38.0 Å². The van der Waals surface area contributed by atoms with Crippen LogP contribution in [0, 0.1) is 0 Å². The molecule has 27 heavy (non-hydrogen) atoms. The van der Waals surface area contributed by atoms with Crippen molar-refractivity contribution in [2.45, 2.75) is 38.0 Å². The zero-order valence-electron chi connectivity index (χ0n) is 16.2. The fraction of sp³-hybridized carbons (Fsp3) is 0.526. The summed E-state index contributed by atoms with van der Waals surface area (Å²) in [5.74, 6) is 0. The van der Waals surface area contributed by atoms with E-state index in [2.05, 4.69) is 36.0 Å². The molecule has 1 aliphatic heterocycles. The summed E-state index contributed by atoms with van der Waals surface area (Å²) in [4.78, 5) is 2.46. The van der Waals surface area contributed by atoms with Gasteiger partial charge >= 0.3 is 0 Å². The molecule has 2 N–H and O–H groups in total. The Balaban J connectivity index is 2.38. The number of thiocarbonyl (C=S) groups is 1. The molecule has 1 heterocycles. The molecule has 8 heteroatoms. The summed E-state index contributed by atoms with van der Waals surface area (Å²) in [5, 5.41) is 6.63. The van der Waals surface area contributed by atoms with Crippen LogP contribution < -0.4 is 15.5 Å². The summed E-state index contributed by atoms with van der Waals surface area (Å²) in [6.45, 7) is 11.1. The lowest BCUT2D eigenvalue weighted by Gasteiger charge is -2.28. The van der Waals surface area contributed by atoms with E-state index in [1.807, 2.05) is 6.07 Å². The second-order valence-electron chi connectivity index (χ2n) is 6.44. The van der Waals surface area contributed by atoms with Crippen molar-refractivity contribution in [3.8, 4) is 0 Å². The maximum Gasteiger partial charge on any atom is 0.243 e. The van der Waals surface area contributed by atoms with Gasteiger partial charge in [-0.05, 0) is 57.1 Å². The Morgan fingerprint density at radius 3 is 2.52 bits per heavy atom. The van der Waals surface area contributed by atoms with Crippen LogP contribution >= 0.6 is 12.2 Å². The van der Waals surface area contributed by atoms with E-state index in [9.17, 15) is 8.42 Å². The van der Waals surface area contributed by atoms with Crippen LogP contribution in [0.2, 0.25) is 0 Å². The fourth-order valence-electron chi connectivity index (χ4n) is 3.20. The van der Waals surface area contributed by atoms with E-state index in [-0.39, 0.29) is 0 Å². The average Bonchev–Trinajstić information content (AvgIpc) is 2.69. The van der Waals surface area contributed by atoms with Crippen LogP contribution in [-0.2, 0) is 10.0 Å². The summed E-state index contributed by atoms with van der Waals surface area (Å²) < 4.78 is 27.7. The van der Waals surface area contributed by atoms with Crippen LogP contribution in [0.3, 0.4) is 0 Å². The third-order valence-electron chi connectivity index (χ3n) is 4.68. The predicted molar refractivity (Wildman–Crippen MR) is 117 cm³/mol. The Morgan fingerprint density at radius 1 is 1.26 bits per heavy atom. The maximum absolute atomic E-state index is 13.0. The standard InChI is InChI=1S/C19H30N4O2S2/c1-4-12-20-19(26)21-17-15-16(10-11-18(17)22(5-2)6-3)27(24,25)23-13-8-7-9-14-23/h4,10-11,15H,1,5-9,12-14H2,2-3H3,(H2,20,21,26). The minimum absolute atomic E-state index is 0.300. The van der Waals surface area contributed by atoms with Crippen molar-refractivity contribution >= 4 is 38.7 Å². The number of piperidine rings is 1. The van der Waals surface area contributed by atoms with Crippen molar-refractivity contribution in [3.05, 3.63) is 30.9 Å². The second-order valence-corrected chi connectivity index (χ2v) is 8.79. The Bertz CT molecular complexity index is 755. The largest absolute Gasteiger partial charge is 0.370 e. The molecule has 0 radical (unpaired) electrons. The van der Waals surface area contributed by atoms with Crippen LogP contribution in [0.4, 0.5) is 11.4 Å². The smallest absolute Gasteiger partial charge is 0.243 e. The molecule has 0 amide bonds. The van der Waals surface area contributed by atoms with Crippen molar-refractivity contribution in [2.24, 2.45) is 0 Å². The molecule has 1 aromatic rings. The van der Waals surface area contributed by atoms with Gasteiger partial charge in [0.15, 0.2) is 5.11 Å². The number of nitrogens with one attached hydrogen (secondary N) is 2. The minimum atomic E-state index is -3.50. The Labute approximate surface area is 168 Å². The minimum Gasteiger partial charge on any atom is -0.370 e. The normalized spacial score (nSPS) is 15.2. The zero-order chi connectivity index (χ0) is 19.9. The number of rotatable bonds is 8. The Hall–Kier alpha value is -1.64. The quantitative estimate of drug-likeness (QED) is 0.507. The van der Waals surface area contributed by atoms with Gasteiger partial charge in [0.05, 0.1) is 16.3 Å². The number of anilines is 2. The highest BCUT2D eigenvalue weighted by Crippen LogP contribution is 2.31. The predicted octanol–water partition coefficient (Wildman–Crippen LogP) is 3.18. The monoisotopic (exact) mass is 410 g/mol. The molecule has 1 saturated heterocycles. The molecular formula is C19H30N4O2S2. The molecule has 1 aromatic carbocycles. The molecule has 0 aliphatic carbocycles. The summed E-state index contributed by atoms with van der Waals surface area (Å²) in [6, 6.07) is 5.25. The molecular weight excluding hydrogens is 380 g/mol. The molecule has 0 saturated carbocycles. The van der Waals surface area contributed by atoms with Gasteiger partial charge in [-0.15, -0.1) is 6.58 Å². The van der Waals surface area contributed by atoms with Crippen LogP contribution in [0.1, 0.15) is 33.1 Å². The molecule has 150 valence electrons. The number of benzene rings is 1. The van der Waals surface area contributed by atoms with Gasteiger partial charge in [0.25, 0.3) is 0 Å². The summed E-state index contributed by atoms with van der Waals surface area (Å²) >= 11 is 5.33. The molecule has 6 nitrogen and oxygen atoms in total. The third-order valence-corrected chi connectivity index (χ3v) is 6.82. The molecule has 2 rings (SSSR count). The van der Waals surface area contributed by atoms with Gasteiger partial charge < -0.3 is 15.5 Å². The van der Waals surface area contributed by atoms with Crippen molar-refractivity contribution in [3.63, 3.8) is 0 Å². The van der Waals surface area contributed by atoms with Gasteiger partial charge in [-0.1, -0.05) is 12.5 Å². The second kappa shape index (κ2) is 10.1. The van der Waals surface area contributed by atoms with Gasteiger partial charge in [0, 0.05) is 32.7 Å². The molecule has 0 bridgehead atoms. The number of hydrogen-bond donors (Lipinski definition) is 2. The molecule has 1 fully saturated rings. The number of sulfonamides is 1. The zero-order valence-corrected chi connectivity index (χ0v) is 17.8. The first-order chi connectivity index (χ1) is 12.9. The lowest BCUT2D eigenvalue weighted by molar-refractivity contribution is 0.346. The summed E-state index contributed by atoms with van der Waals surface area (Å²) in [5.41, 5.74) is 1.62. The molecule has 0 spiro atoms. The lowest BCUT2D eigenvalue weighted by atomic mass is 10.2. The average molecular weight is 411 g/mol. The van der Waals surface area contributed by atoms with Gasteiger partial charge in [-0.3, -0.25) is 0 Å². The highest BCUT2D eigenvalue weighted by Gasteiger charge is 2.27. The van der Waals surface area contributed by atoms with Gasteiger partial charge in [-0.25, -0.2) is 8.42 Å². The van der Waals surface area contributed by atoms with Crippen LogP contribution in [0.25, 0.3) is 0 Å². The van der Waals surface area contributed by atoms with Gasteiger partial charge in [-0.2, -0.15) is 4.31 Å². The van der Waals surface area contributed by atoms with Crippen molar-refractivity contribution in [2.75, 3.05) is 42.9 Å². The number of hydrogen-bond acceptors (Lipinski definition) is 4. The van der Waals surface area contributed by atoms with Crippen LogP contribution in [0.5, 0.6) is 0 Å². The van der Waals surface area contributed by atoms with E-state index in [1.165, 1.54) is 0 Å². The topological polar surface area (TPSA) is 64.7 Å². The fourth-order valence-corrected chi connectivity index (χ4v) is 4.94. The van der Waals surface area contributed by atoms with E-state index >= 15 is 0 Å². The van der Waals surface area contributed by atoms with E-state index in [0.29, 0.717) is 35.3 Å². The first kappa shape index (κ1) is 21.7. The molecule has 0 aromatic heterocycles. The molecule has 1 aliphatic rings. The third kappa shape index (κ3) is 5.43. The van der Waals surface area contributed by atoms with Crippen LogP contribution in [-0.4, -0.2) is 50.6 Å².